The van der Waals surface area contributed by atoms with E-state index in [1.165, 1.54) is 7.11 Å². The number of methoxy groups -OCH3 is 1. The van der Waals surface area contributed by atoms with E-state index in [-0.39, 0.29) is 11.7 Å². The minimum Gasteiger partial charge on any atom is -0.465 e. The summed E-state index contributed by atoms with van der Waals surface area (Å²) in [5.41, 5.74) is 5.95. The third kappa shape index (κ3) is 3.89. The zero-order valence-electron chi connectivity index (χ0n) is 20.1. The molecule has 0 atom stereocenters. The molecule has 0 unspecified atom stereocenters. The number of aryl methyl sites for hydroxylation is 1. The van der Waals surface area contributed by atoms with Gasteiger partial charge in [0.15, 0.2) is 5.78 Å². The fourth-order valence-electron chi connectivity index (χ4n) is 4.61. The van der Waals surface area contributed by atoms with Crippen molar-refractivity contribution in [2.24, 2.45) is 0 Å². The number of rotatable bonds is 6. The Balaban J connectivity index is 1.53. The molecule has 2 aromatic carbocycles. The summed E-state index contributed by atoms with van der Waals surface area (Å²) in [6.07, 6.45) is 3.52. The lowest BCUT2D eigenvalue weighted by atomic mass is 9.93. The van der Waals surface area contributed by atoms with Crippen molar-refractivity contribution in [3.63, 3.8) is 0 Å². The van der Waals surface area contributed by atoms with Crippen LogP contribution in [0.15, 0.2) is 60.9 Å². The number of carbonyl (C=O) groups is 2. The number of aromatic nitrogens is 4. The van der Waals surface area contributed by atoms with Crippen LogP contribution in [0.3, 0.4) is 0 Å². The lowest BCUT2D eigenvalue weighted by Crippen LogP contribution is -2.09. The van der Waals surface area contributed by atoms with Crippen LogP contribution in [0.2, 0.25) is 0 Å². The van der Waals surface area contributed by atoms with E-state index in [9.17, 15) is 9.59 Å². The van der Waals surface area contributed by atoms with Crippen molar-refractivity contribution >= 4 is 33.7 Å². The third-order valence-electron chi connectivity index (χ3n) is 6.36. The first kappa shape index (κ1) is 22.5. The highest BCUT2D eigenvalue weighted by Crippen LogP contribution is 2.32. The summed E-state index contributed by atoms with van der Waals surface area (Å²) >= 11 is 0. The third-order valence-corrected chi connectivity index (χ3v) is 6.36. The van der Waals surface area contributed by atoms with Gasteiger partial charge in [0, 0.05) is 34.9 Å². The molecule has 0 aliphatic heterocycles. The highest BCUT2D eigenvalue weighted by molar-refractivity contribution is 6.21. The normalized spacial score (nSPS) is 11.5. The lowest BCUT2D eigenvalue weighted by molar-refractivity contribution is 0.0603. The quantitative estimate of drug-likeness (QED) is 0.267. The first-order valence-electron chi connectivity index (χ1n) is 11.5. The van der Waals surface area contributed by atoms with Gasteiger partial charge in [-0.2, -0.15) is 0 Å². The molecule has 0 aliphatic rings. The highest BCUT2D eigenvalue weighted by atomic mass is 16.5. The molecular weight excluding hydrogens is 440 g/mol. The average Bonchev–Trinajstić information content (AvgIpc) is 3.41. The maximum absolute atomic E-state index is 13.8. The van der Waals surface area contributed by atoms with Gasteiger partial charge in [0.25, 0.3) is 0 Å². The highest BCUT2D eigenvalue weighted by Gasteiger charge is 2.25. The number of H-pyrrole nitrogens is 1. The summed E-state index contributed by atoms with van der Waals surface area (Å²) in [5, 5.41) is 0.603. The summed E-state index contributed by atoms with van der Waals surface area (Å²) < 4.78 is 7.12. The van der Waals surface area contributed by atoms with Gasteiger partial charge in [0.05, 0.1) is 30.0 Å². The molecule has 1 N–H and O–H groups in total. The van der Waals surface area contributed by atoms with Gasteiger partial charge in [-0.1, -0.05) is 44.2 Å². The zero-order valence-corrected chi connectivity index (χ0v) is 20.1. The van der Waals surface area contributed by atoms with E-state index >= 15 is 0 Å². The molecule has 0 saturated heterocycles. The van der Waals surface area contributed by atoms with Crippen molar-refractivity contribution in [1.82, 2.24) is 19.5 Å². The van der Waals surface area contributed by atoms with E-state index in [2.05, 4.69) is 19.5 Å². The molecule has 0 bridgehead atoms. The monoisotopic (exact) mass is 466 g/mol. The zero-order chi connectivity index (χ0) is 24.7. The Bertz CT molecular complexity index is 1580. The Labute approximate surface area is 202 Å². The summed E-state index contributed by atoms with van der Waals surface area (Å²) in [4.78, 5) is 38.3. The van der Waals surface area contributed by atoms with Crippen LogP contribution in [0, 0.1) is 6.92 Å². The fraction of sp³-hybridized carbons (Fsp3) is 0.214. The maximum atomic E-state index is 13.8. The summed E-state index contributed by atoms with van der Waals surface area (Å²) in [5.74, 6) is 0.382. The van der Waals surface area contributed by atoms with Gasteiger partial charge in [0.1, 0.15) is 11.3 Å². The van der Waals surface area contributed by atoms with E-state index in [0.29, 0.717) is 28.6 Å². The van der Waals surface area contributed by atoms with Gasteiger partial charge in [-0.25, -0.2) is 9.78 Å². The van der Waals surface area contributed by atoms with Gasteiger partial charge in [0.2, 0.25) is 0 Å². The molecule has 0 amide bonds. The van der Waals surface area contributed by atoms with Crippen molar-refractivity contribution in [2.45, 2.75) is 33.2 Å². The molecular formula is C28H26N4O3. The van der Waals surface area contributed by atoms with Crippen molar-refractivity contribution in [1.29, 1.82) is 0 Å². The predicted molar refractivity (Wildman–Crippen MR) is 135 cm³/mol. The topological polar surface area (TPSA) is 89.9 Å². The molecule has 3 heterocycles. The van der Waals surface area contributed by atoms with E-state index in [0.717, 1.165) is 33.6 Å². The second-order valence-corrected chi connectivity index (χ2v) is 8.92. The number of aromatic amines is 1. The number of carbonyl (C=O) groups excluding carboxylic acids is 2. The molecule has 0 fully saturated rings. The standard InChI is InChI=1S/C28H26N4O3/c1-16(2)26-25(24-20(28(34)35-4)6-5-7-21(24)31-26)27(33)19-10-8-18(9-11-19)15-32-17(3)30-22-14-29-13-12-23(22)32/h5-14,16,31H,15H2,1-4H3. The molecule has 0 aliphatic carbocycles. The number of nitrogens with one attached hydrogen (secondary N) is 1. The minimum atomic E-state index is -0.465. The van der Waals surface area contributed by atoms with Gasteiger partial charge in [-0.3, -0.25) is 9.78 Å². The molecule has 0 saturated carbocycles. The lowest BCUT2D eigenvalue weighted by Gasteiger charge is -2.10. The Hall–Kier alpha value is -4.26. The second-order valence-electron chi connectivity index (χ2n) is 8.92. The molecule has 176 valence electrons. The predicted octanol–water partition coefficient (Wildman–Crippen LogP) is 5.41. The Kier molecular flexibility index (Phi) is 5.68. The van der Waals surface area contributed by atoms with Crippen LogP contribution in [0.25, 0.3) is 21.9 Å². The van der Waals surface area contributed by atoms with Gasteiger partial charge < -0.3 is 14.3 Å². The number of hydrogen-bond donors (Lipinski definition) is 1. The van der Waals surface area contributed by atoms with E-state index in [1.54, 1.807) is 24.5 Å². The van der Waals surface area contributed by atoms with Crippen LogP contribution in [0.5, 0.6) is 0 Å². The molecule has 7 nitrogen and oxygen atoms in total. The van der Waals surface area contributed by atoms with Crippen molar-refractivity contribution < 1.29 is 14.3 Å². The number of hydrogen-bond acceptors (Lipinski definition) is 5. The molecule has 3 aromatic heterocycles. The van der Waals surface area contributed by atoms with Gasteiger partial charge in [-0.15, -0.1) is 0 Å². The molecule has 5 rings (SSSR count). The van der Waals surface area contributed by atoms with Crippen LogP contribution < -0.4 is 0 Å². The molecule has 0 spiro atoms. The summed E-state index contributed by atoms with van der Waals surface area (Å²) in [7, 11) is 1.35. The summed E-state index contributed by atoms with van der Waals surface area (Å²) in [6.45, 7) is 6.66. The van der Waals surface area contributed by atoms with E-state index in [1.807, 2.05) is 57.2 Å². The first-order valence-corrected chi connectivity index (χ1v) is 11.5. The van der Waals surface area contributed by atoms with Crippen LogP contribution in [0.1, 0.15) is 63.1 Å². The number of imidazole rings is 1. The number of fused-ring (bicyclic) bond motifs is 2. The average molecular weight is 467 g/mol. The van der Waals surface area contributed by atoms with Crippen LogP contribution in [-0.4, -0.2) is 38.4 Å². The minimum absolute atomic E-state index is 0.0677. The van der Waals surface area contributed by atoms with Gasteiger partial charge >= 0.3 is 5.97 Å². The number of esters is 1. The van der Waals surface area contributed by atoms with Crippen LogP contribution >= 0.6 is 0 Å². The van der Waals surface area contributed by atoms with Crippen LogP contribution in [-0.2, 0) is 11.3 Å². The molecule has 7 heteroatoms. The Morgan fingerprint density at radius 1 is 1.09 bits per heavy atom. The largest absolute Gasteiger partial charge is 0.465 e. The Morgan fingerprint density at radius 2 is 1.86 bits per heavy atom. The molecule has 0 radical (unpaired) electrons. The van der Waals surface area contributed by atoms with Gasteiger partial charge in [-0.05, 0) is 36.6 Å². The van der Waals surface area contributed by atoms with E-state index in [4.69, 9.17) is 4.74 Å². The molecule has 35 heavy (non-hydrogen) atoms. The van der Waals surface area contributed by atoms with Crippen LogP contribution in [0.4, 0.5) is 0 Å². The fourth-order valence-corrected chi connectivity index (χ4v) is 4.61. The SMILES string of the molecule is COC(=O)c1cccc2[nH]c(C(C)C)c(C(=O)c3ccc(Cn4c(C)nc5cnccc54)cc3)c12. The Morgan fingerprint density at radius 3 is 2.57 bits per heavy atom. The van der Waals surface area contributed by atoms with Crippen molar-refractivity contribution in [2.75, 3.05) is 7.11 Å². The van der Waals surface area contributed by atoms with Crippen molar-refractivity contribution in [3.05, 3.63) is 94.7 Å². The molecule has 5 aromatic rings. The number of pyridine rings is 1. The second kappa shape index (κ2) is 8.83. The van der Waals surface area contributed by atoms with Crippen molar-refractivity contribution in [3.8, 4) is 0 Å². The smallest absolute Gasteiger partial charge is 0.338 e. The number of ketones is 1. The number of benzene rings is 2. The number of nitrogens with zero attached hydrogens (tertiary/aromatic N) is 3. The van der Waals surface area contributed by atoms with E-state index < -0.39 is 5.97 Å². The number of ether oxygens (including phenoxy) is 1. The maximum Gasteiger partial charge on any atom is 0.338 e. The summed E-state index contributed by atoms with van der Waals surface area (Å²) in [6, 6.07) is 14.9. The first-order chi connectivity index (χ1) is 16.9.